The molecule has 1 rings (SSSR count). The Morgan fingerprint density at radius 2 is 1.92 bits per heavy atom. The lowest BCUT2D eigenvalue weighted by molar-refractivity contribution is 0.355. The smallest absolute Gasteiger partial charge is 0.0420 e. The van der Waals surface area contributed by atoms with Crippen molar-refractivity contribution in [3.63, 3.8) is 0 Å². The number of thiophene rings is 1. The predicted molar refractivity (Wildman–Crippen MR) is 60.0 cm³/mol. The van der Waals surface area contributed by atoms with Gasteiger partial charge in [0.1, 0.15) is 0 Å². The number of rotatable bonds is 3. The zero-order chi connectivity index (χ0) is 10.0. The summed E-state index contributed by atoms with van der Waals surface area (Å²) in [5.41, 5.74) is 7.53. The second kappa shape index (κ2) is 4.25. The van der Waals surface area contributed by atoms with Crippen molar-refractivity contribution >= 4 is 11.3 Å². The Hall–Kier alpha value is -0.340. The van der Waals surface area contributed by atoms with Gasteiger partial charge < -0.3 is 5.73 Å². The fourth-order valence-corrected chi connectivity index (χ4v) is 2.42. The summed E-state index contributed by atoms with van der Waals surface area (Å²) in [6.07, 6.45) is 0. The van der Waals surface area contributed by atoms with Crippen molar-refractivity contribution in [2.75, 3.05) is 0 Å². The van der Waals surface area contributed by atoms with Gasteiger partial charge in [-0.2, -0.15) is 0 Å². The van der Waals surface area contributed by atoms with Gasteiger partial charge >= 0.3 is 0 Å². The largest absolute Gasteiger partial charge is 0.323 e. The van der Waals surface area contributed by atoms with Gasteiger partial charge in [-0.05, 0) is 35.8 Å². The molecule has 1 aromatic heterocycles. The van der Waals surface area contributed by atoms with Crippen molar-refractivity contribution < 1.29 is 0 Å². The van der Waals surface area contributed by atoms with E-state index in [-0.39, 0.29) is 6.04 Å². The minimum atomic E-state index is 0.208. The van der Waals surface area contributed by atoms with Gasteiger partial charge in [0, 0.05) is 10.9 Å². The van der Waals surface area contributed by atoms with Crippen molar-refractivity contribution in [2.45, 2.75) is 33.7 Å². The van der Waals surface area contributed by atoms with Crippen molar-refractivity contribution in [1.82, 2.24) is 0 Å². The number of aryl methyl sites for hydroxylation is 1. The van der Waals surface area contributed by atoms with E-state index in [1.807, 2.05) is 0 Å². The highest BCUT2D eigenvalue weighted by molar-refractivity contribution is 7.10. The third kappa shape index (κ3) is 2.32. The van der Waals surface area contributed by atoms with Gasteiger partial charge in [-0.1, -0.05) is 20.8 Å². The molecule has 0 saturated heterocycles. The Balaban J connectivity index is 2.79. The lowest BCUT2D eigenvalue weighted by Gasteiger charge is -2.23. The van der Waals surface area contributed by atoms with Gasteiger partial charge in [-0.3, -0.25) is 0 Å². The zero-order valence-electron chi connectivity index (χ0n) is 8.87. The molecule has 2 unspecified atom stereocenters. The Bertz CT molecular complexity index is 265. The molecule has 1 nitrogen and oxygen atoms in total. The highest BCUT2D eigenvalue weighted by Gasteiger charge is 2.20. The molecular formula is C11H19NS. The average Bonchev–Trinajstić information content (AvgIpc) is 2.48. The van der Waals surface area contributed by atoms with Crippen LogP contribution in [0.25, 0.3) is 0 Å². The van der Waals surface area contributed by atoms with Crippen LogP contribution < -0.4 is 5.73 Å². The Labute approximate surface area is 85.0 Å². The summed E-state index contributed by atoms with van der Waals surface area (Å²) < 4.78 is 0. The van der Waals surface area contributed by atoms with E-state index in [4.69, 9.17) is 5.73 Å². The Kier molecular flexibility index (Phi) is 3.51. The first-order valence-corrected chi connectivity index (χ1v) is 5.71. The van der Waals surface area contributed by atoms with Gasteiger partial charge in [-0.15, -0.1) is 11.3 Å². The van der Waals surface area contributed by atoms with Crippen LogP contribution in [0.1, 0.15) is 37.3 Å². The first-order chi connectivity index (χ1) is 6.04. The van der Waals surface area contributed by atoms with Crippen LogP contribution in [0, 0.1) is 18.8 Å². The highest BCUT2D eigenvalue weighted by atomic mass is 32.1. The molecule has 2 atom stereocenters. The molecule has 0 saturated carbocycles. The number of nitrogens with two attached hydrogens (primary N) is 1. The molecule has 0 aliphatic rings. The maximum absolute atomic E-state index is 6.20. The predicted octanol–water partition coefficient (Wildman–Crippen LogP) is 3.35. The van der Waals surface area contributed by atoms with Crippen LogP contribution in [0.5, 0.6) is 0 Å². The Morgan fingerprint density at radius 1 is 1.31 bits per heavy atom. The summed E-state index contributed by atoms with van der Waals surface area (Å²) in [6.45, 7) is 8.83. The molecule has 0 aliphatic carbocycles. The molecule has 0 radical (unpaired) electrons. The van der Waals surface area contributed by atoms with Crippen LogP contribution in [-0.4, -0.2) is 0 Å². The molecular weight excluding hydrogens is 178 g/mol. The maximum atomic E-state index is 6.20. The second-order valence-corrected chi connectivity index (χ2v) is 5.04. The first kappa shape index (κ1) is 10.7. The van der Waals surface area contributed by atoms with Gasteiger partial charge in [0.15, 0.2) is 0 Å². The third-order valence-corrected chi connectivity index (χ3v) is 3.94. The summed E-state index contributed by atoms with van der Waals surface area (Å²) in [5.74, 6) is 1.20. The lowest BCUT2D eigenvalue weighted by Crippen LogP contribution is -2.22. The SMILES string of the molecule is Cc1ccsc1C(N)C(C)C(C)C. The summed E-state index contributed by atoms with van der Waals surface area (Å²) >= 11 is 1.78. The third-order valence-electron chi connectivity index (χ3n) is 2.82. The quantitative estimate of drug-likeness (QED) is 0.790. The second-order valence-electron chi connectivity index (χ2n) is 4.10. The van der Waals surface area contributed by atoms with E-state index in [9.17, 15) is 0 Å². The molecule has 0 fully saturated rings. The standard InChI is InChI=1S/C11H19NS/c1-7(2)9(4)10(12)11-8(3)5-6-13-11/h5-7,9-10H,12H2,1-4H3. The minimum absolute atomic E-state index is 0.208. The van der Waals surface area contributed by atoms with E-state index in [1.54, 1.807) is 11.3 Å². The van der Waals surface area contributed by atoms with E-state index in [2.05, 4.69) is 39.1 Å². The monoisotopic (exact) mass is 197 g/mol. The molecule has 1 heterocycles. The van der Waals surface area contributed by atoms with Crippen molar-refractivity contribution in [3.05, 3.63) is 21.9 Å². The van der Waals surface area contributed by atoms with Crippen LogP contribution in [0.3, 0.4) is 0 Å². The first-order valence-electron chi connectivity index (χ1n) is 4.83. The molecule has 0 aliphatic heterocycles. The van der Waals surface area contributed by atoms with Crippen molar-refractivity contribution in [1.29, 1.82) is 0 Å². The van der Waals surface area contributed by atoms with Crippen LogP contribution in [-0.2, 0) is 0 Å². The normalized spacial score (nSPS) is 16.2. The van der Waals surface area contributed by atoms with Crippen LogP contribution in [0.15, 0.2) is 11.4 Å². The summed E-state index contributed by atoms with van der Waals surface area (Å²) in [7, 11) is 0. The minimum Gasteiger partial charge on any atom is -0.323 e. The van der Waals surface area contributed by atoms with E-state index in [1.165, 1.54) is 10.4 Å². The Morgan fingerprint density at radius 3 is 2.31 bits per heavy atom. The fourth-order valence-electron chi connectivity index (χ4n) is 1.38. The van der Waals surface area contributed by atoms with Gasteiger partial charge in [0.2, 0.25) is 0 Å². The maximum Gasteiger partial charge on any atom is 0.0420 e. The van der Waals surface area contributed by atoms with Gasteiger partial charge in [0.25, 0.3) is 0 Å². The molecule has 74 valence electrons. The molecule has 13 heavy (non-hydrogen) atoms. The average molecular weight is 197 g/mol. The lowest BCUT2D eigenvalue weighted by atomic mass is 9.89. The zero-order valence-corrected chi connectivity index (χ0v) is 9.69. The van der Waals surface area contributed by atoms with Gasteiger partial charge in [-0.25, -0.2) is 0 Å². The van der Waals surface area contributed by atoms with E-state index in [0.29, 0.717) is 11.8 Å². The van der Waals surface area contributed by atoms with Crippen molar-refractivity contribution in [2.24, 2.45) is 17.6 Å². The molecule has 0 spiro atoms. The molecule has 2 N–H and O–H groups in total. The van der Waals surface area contributed by atoms with E-state index < -0.39 is 0 Å². The number of hydrogen-bond acceptors (Lipinski definition) is 2. The summed E-state index contributed by atoms with van der Waals surface area (Å²) in [6, 6.07) is 2.35. The fraction of sp³-hybridized carbons (Fsp3) is 0.636. The van der Waals surface area contributed by atoms with Crippen LogP contribution in [0.4, 0.5) is 0 Å². The summed E-state index contributed by atoms with van der Waals surface area (Å²) in [4.78, 5) is 1.35. The highest BCUT2D eigenvalue weighted by Crippen LogP contribution is 2.30. The number of hydrogen-bond donors (Lipinski definition) is 1. The van der Waals surface area contributed by atoms with E-state index >= 15 is 0 Å². The topological polar surface area (TPSA) is 26.0 Å². The summed E-state index contributed by atoms with van der Waals surface area (Å²) in [5, 5.41) is 2.12. The molecule has 2 heteroatoms. The van der Waals surface area contributed by atoms with E-state index in [0.717, 1.165) is 0 Å². The molecule has 0 aromatic carbocycles. The molecule has 1 aromatic rings. The van der Waals surface area contributed by atoms with Gasteiger partial charge in [0.05, 0.1) is 0 Å². The molecule has 0 bridgehead atoms. The molecule has 0 amide bonds. The van der Waals surface area contributed by atoms with Crippen LogP contribution in [0.2, 0.25) is 0 Å². The van der Waals surface area contributed by atoms with Crippen LogP contribution >= 0.6 is 11.3 Å². The van der Waals surface area contributed by atoms with Crippen molar-refractivity contribution in [3.8, 4) is 0 Å².